The average molecular weight is 453 g/mol. The van der Waals surface area contributed by atoms with E-state index in [1.165, 1.54) is 12.1 Å². The minimum Gasteiger partial charge on any atom is -0.320 e. The second-order valence-corrected chi connectivity index (χ2v) is 8.80. The Morgan fingerprint density at radius 1 is 1.20 bits per heavy atom. The first-order chi connectivity index (χ1) is 11.7. The maximum absolute atomic E-state index is 13.8. The Balaban J connectivity index is 1.88. The molecule has 0 aliphatic carbocycles. The molecule has 1 aromatic heterocycles. The lowest BCUT2D eigenvalue weighted by atomic mass is 10.1. The van der Waals surface area contributed by atoms with Gasteiger partial charge in [0.25, 0.3) is 0 Å². The molecule has 2 rings (SSSR count). The average Bonchev–Trinajstić information content (AvgIpc) is 2.54. The molecule has 0 aliphatic heterocycles. The first kappa shape index (κ1) is 20.5. The minimum atomic E-state index is -5.57. The lowest BCUT2D eigenvalue weighted by Gasteiger charge is -2.19. The van der Waals surface area contributed by atoms with Crippen LogP contribution < -0.4 is 0 Å². The number of alkyl halides is 2. The number of nitrogens with zero attached hydrogens (tertiary/aromatic N) is 2. The SMILES string of the molecule is O=P(O)(O)C(F)(F)c1ccc(CCCCSc2ncccn2)cc1Br. The summed E-state index contributed by atoms with van der Waals surface area (Å²) >= 11 is 4.53. The Bertz CT molecular complexity index is 762. The fourth-order valence-corrected chi connectivity index (χ4v) is 4.21. The second kappa shape index (κ2) is 8.68. The number of aromatic nitrogens is 2. The number of benzene rings is 1. The number of thioether (sulfide) groups is 1. The Hall–Kier alpha value is -0.860. The molecule has 0 aliphatic rings. The van der Waals surface area contributed by atoms with Gasteiger partial charge in [-0.2, -0.15) is 8.78 Å². The van der Waals surface area contributed by atoms with Gasteiger partial charge in [-0.15, -0.1) is 0 Å². The smallest absolute Gasteiger partial charge is 0.320 e. The van der Waals surface area contributed by atoms with Crippen molar-refractivity contribution in [2.24, 2.45) is 0 Å². The molecular weight excluding hydrogens is 437 g/mol. The normalized spacial score (nSPS) is 12.4. The molecule has 0 saturated heterocycles. The Morgan fingerprint density at radius 2 is 1.88 bits per heavy atom. The maximum atomic E-state index is 13.8. The fraction of sp³-hybridized carbons (Fsp3) is 0.333. The van der Waals surface area contributed by atoms with Crippen LogP contribution in [0.1, 0.15) is 24.0 Å². The van der Waals surface area contributed by atoms with Crippen molar-refractivity contribution in [1.29, 1.82) is 0 Å². The van der Waals surface area contributed by atoms with Crippen molar-refractivity contribution < 1.29 is 23.1 Å². The predicted octanol–water partition coefficient (Wildman–Crippen LogP) is 4.58. The van der Waals surface area contributed by atoms with Gasteiger partial charge in [-0.05, 0) is 37.0 Å². The molecule has 136 valence electrons. The Kier molecular flexibility index (Phi) is 7.10. The number of hydrogen-bond donors (Lipinski definition) is 2. The van der Waals surface area contributed by atoms with Crippen LogP contribution in [0.25, 0.3) is 0 Å². The van der Waals surface area contributed by atoms with E-state index in [0.717, 1.165) is 30.2 Å². The summed E-state index contributed by atoms with van der Waals surface area (Å²) in [7, 11) is -5.57. The van der Waals surface area contributed by atoms with Crippen LogP contribution in [0.15, 0.2) is 46.3 Å². The van der Waals surface area contributed by atoms with Crippen LogP contribution in [-0.2, 0) is 16.6 Å². The summed E-state index contributed by atoms with van der Waals surface area (Å²) in [5.74, 6) is 0.847. The monoisotopic (exact) mass is 452 g/mol. The van der Waals surface area contributed by atoms with Crippen LogP contribution in [0, 0.1) is 0 Å². The molecule has 1 heterocycles. The molecule has 0 fully saturated rings. The molecule has 2 N–H and O–H groups in total. The molecule has 0 bridgehead atoms. The van der Waals surface area contributed by atoms with E-state index in [0.29, 0.717) is 11.6 Å². The maximum Gasteiger partial charge on any atom is 0.399 e. The van der Waals surface area contributed by atoms with E-state index in [1.54, 1.807) is 30.2 Å². The largest absolute Gasteiger partial charge is 0.399 e. The van der Waals surface area contributed by atoms with Crippen LogP contribution >= 0.6 is 35.3 Å². The molecule has 5 nitrogen and oxygen atoms in total. The van der Waals surface area contributed by atoms with Gasteiger partial charge < -0.3 is 9.79 Å². The van der Waals surface area contributed by atoms with E-state index < -0.39 is 18.8 Å². The second-order valence-electron chi connectivity index (χ2n) is 5.24. The standard InChI is InChI=1S/C15H16BrF2N2O3PS/c16-13-10-11(5-6-12(13)15(17,18)24(21,22)23)4-1-2-9-25-14-19-7-3-8-20-14/h3,5-8,10H,1-2,4,9H2,(H2,21,22,23). The topological polar surface area (TPSA) is 83.3 Å². The van der Waals surface area contributed by atoms with Gasteiger partial charge in [0.1, 0.15) is 0 Å². The summed E-state index contributed by atoms with van der Waals surface area (Å²) in [5.41, 5.74) is -4.10. The highest BCUT2D eigenvalue weighted by atomic mass is 79.9. The predicted molar refractivity (Wildman–Crippen MR) is 95.8 cm³/mol. The van der Waals surface area contributed by atoms with Crippen LogP contribution in [0.4, 0.5) is 8.78 Å². The highest BCUT2D eigenvalue weighted by molar-refractivity contribution is 9.10. The van der Waals surface area contributed by atoms with Gasteiger partial charge in [0.15, 0.2) is 5.16 Å². The molecule has 0 radical (unpaired) electrons. The minimum absolute atomic E-state index is 0.00890. The zero-order chi connectivity index (χ0) is 18.5. The third-order valence-electron chi connectivity index (χ3n) is 3.36. The summed E-state index contributed by atoms with van der Waals surface area (Å²) in [6, 6.07) is 5.76. The Labute approximate surface area is 156 Å². The van der Waals surface area contributed by atoms with Crippen molar-refractivity contribution in [2.75, 3.05) is 5.75 Å². The van der Waals surface area contributed by atoms with E-state index in [2.05, 4.69) is 25.9 Å². The summed E-state index contributed by atoms with van der Waals surface area (Å²) in [6.07, 6.45) is 5.79. The highest BCUT2D eigenvalue weighted by Crippen LogP contribution is 2.60. The van der Waals surface area contributed by atoms with Crippen molar-refractivity contribution in [1.82, 2.24) is 9.97 Å². The highest BCUT2D eigenvalue weighted by Gasteiger charge is 2.51. The summed E-state index contributed by atoms with van der Waals surface area (Å²) in [4.78, 5) is 25.8. The molecule has 1 aromatic carbocycles. The zero-order valence-corrected chi connectivity index (χ0v) is 16.3. The lowest BCUT2D eigenvalue weighted by Crippen LogP contribution is -2.14. The van der Waals surface area contributed by atoms with Crippen molar-refractivity contribution in [3.05, 3.63) is 52.3 Å². The van der Waals surface area contributed by atoms with Gasteiger partial charge in [-0.3, -0.25) is 4.57 Å². The third-order valence-corrected chi connectivity index (χ3v) is 5.95. The van der Waals surface area contributed by atoms with E-state index >= 15 is 0 Å². The van der Waals surface area contributed by atoms with Gasteiger partial charge in [-0.25, -0.2) is 9.97 Å². The van der Waals surface area contributed by atoms with Crippen molar-refractivity contribution >= 4 is 35.3 Å². The van der Waals surface area contributed by atoms with Crippen molar-refractivity contribution in [3.8, 4) is 0 Å². The van der Waals surface area contributed by atoms with E-state index in [1.807, 2.05) is 0 Å². The summed E-state index contributed by atoms with van der Waals surface area (Å²) < 4.78 is 38.5. The molecule has 25 heavy (non-hydrogen) atoms. The van der Waals surface area contributed by atoms with Crippen molar-refractivity contribution in [3.63, 3.8) is 0 Å². The van der Waals surface area contributed by atoms with Crippen LogP contribution in [0.3, 0.4) is 0 Å². The molecular formula is C15H16BrF2N2O3PS. The van der Waals surface area contributed by atoms with Gasteiger partial charge >= 0.3 is 13.3 Å². The fourth-order valence-electron chi connectivity index (χ4n) is 2.07. The molecule has 0 amide bonds. The number of aryl methyl sites for hydroxylation is 1. The molecule has 0 spiro atoms. The van der Waals surface area contributed by atoms with Crippen LogP contribution in [-0.4, -0.2) is 25.5 Å². The Morgan fingerprint density at radius 3 is 2.48 bits per heavy atom. The first-order valence-corrected chi connectivity index (χ1v) is 10.7. The first-order valence-electron chi connectivity index (χ1n) is 7.34. The lowest BCUT2D eigenvalue weighted by molar-refractivity contribution is 0.0557. The van der Waals surface area contributed by atoms with Crippen LogP contribution in [0.5, 0.6) is 0 Å². The molecule has 10 heteroatoms. The van der Waals surface area contributed by atoms with Gasteiger partial charge in [0, 0.05) is 28.2 Å². The van der Waals surface area contributed by atoms with E-state index in [4.69, 9.17) is 9.79 Å². The summed E-state index contributed by atoms with van der Waals surface area (Å²) in [5, 5.41) is 0.717. The van der Waals surface area contributed by atoms with E-state index in [-0.39, 0.29) is 4.47 Å². The van der Waals surface area contributed by atoms with Crippen LogP contribution in [0.2, 0.25) is 0 Å². The van der Waals surface area contributed by atoms with Gasteiger partial charge in [-0.1, -0.05) is 39.8 Å². The zero-order valence-electron chi connectivity index (χ0n) is 13.0. The summed E-state index contributed by atoms with van der Waals surface area (Å²) in [6.45, 7) is 0. The number of halogens is 3. The number of hydrogen-bond acceptors (Lipinski definition) is 4. The molecule has 0 unspecified atom stereocenters. The van der Waals surface area contributed by atoms with Crippen molar-refractivity contribution in [2.45, 2.75) is 30.1 Å². The van der Waals surface area contributed by atoms with Gasteiger partial charge in [0.2, 0.25) is 0 Å². The quantitative estimate of drug-likeness (QED) is 0.264. The van der Waals surface area contributed by atoms with E-state index in [9.17, 15) is 13.3 Å². The molecule has 0 atom stereocenters. The molecule has 0 saturated carbocycles. The number of unbranched alkanes of at least 4 members (excludes halogenated alkanes) is 1. The van der Waals surface area contributed by atoms with Gasteiger partial charge in [0.05, 0.1) is 0 Å². The molecule has 2 aromatic rings. The number of rotatable bonds is 8. The third kappa shape index (κ3) is 5.56.